The van der Waals surface area contributed by atoms with E-state index in [1.807, 2.05) is 11.7 Å². The van der Waals surface area contributed by atoms with E-state index < -0.39 is 0 Å². The quantitative estimate of drug-likeness (QED) is 0.858. The van der Waals surface area contributed by atoms with Crippen LogP contribution in [0.25, 0.3) is 0 Å². The zero-order valence-corrected chi connectivity index (χ0v) is 11.2. The van der Waals surface area contributed by atoms with Crippen molar-refractivity contribution in [1.29, 1.82) is 0 Å². The Morgan fingerprint density at radius 1 is 1.33 bits per heavy atom. The molecule has 18 heavy (non-hydrogen) atoms. The molecule has 4 atom stereocenters. The van der Waals surface area contributed by atoms with E-state index in [1.54, 1.807) is 0 Å². The summed E-state index contributed by atoms with van der Waals surface area (Å²) in [6.07, 6.45) is 5.33. The van der Waals surface area contributed by atoms with Gasteiger partial charge in [-0.05, 0) is 49.4 Å². The van der Waals surface area contributed by atoms with Gasteiger partial charge in [-0.15, -0.1) is 0 Å². The van der Waals surface area contributed by atoms with Gasteiger partial charge in [-0.2, -0.15) is 5.10 Å². The zero-order valence-electron chi connectivity index (χ0n) is 11.2. The number of nitrogens with one attached hydrogen (secondary N) is 1. The lowest BCUT2D eigenvalue weighted by Gasteiger charge is -2.12. The summed E-state index contributed by atoms with van der Waals surface area (Å²) < 4.78 is 1.92. The number of nitrogens with zero attached hydrogens (tertiary/aromatic N) is 2. The summed E-state index contributed by atoms with van der Waals surface area (Å²) in [6.45, 7) is 2.11. The Balaban J connectivity index is 1.55. The van der Waals surface area contributed by atoms with Crippen molar-refractivity contribution in [2.45, 2.75) is 38.6 Å². The van der Waals surface area contributed by atoms with Crippen LogP contribution in [0.2, 0.25) is 0 Å². The molecule has 0 radical (unpaired) electrons. The van der Waals surface area contributed by atoms with Crippen molar-refractivity contribution in [2.24, 2.45) is 30.7 Å². The summed E-state index contributed by atoms with van der Waals surface area (Å²) >= 11 is 0. The monoisotopic (exact) mass is 246 g/mol. The second kappa shape index (κ2) is 3.43. The predicted octanol–water partition coefficient (Wildman–Crippen LogP) is 2.02. The molecule has 0 aromatic carbocycles. The van der Waals surface area contributed by atoms with E-state index in [1.165, 1.54) is 19.3 Å². The van der Waals surface area contributed by atoms with Gasteiger partial charge in [-0.3, -0.25) is 4.68 Å². The predicted molar refractivity (Wildman–Crippen MR) is 72.2 cm³/mol. The Bertz CT molecular complexity index is 476. The van der Waals surface area contributed by atoms with Crippen LogP contribution < -0.4 is 11.1 Å². The molecule has 3 aliphatic rings. The van der Waals surface area contributed by atoms with Crippen molar-refractivity contribution in [3.8, 4) is 0 Å². The number of fused-ring (bicyclic) bond motifs is 5. The minimum atomic E-state index is 0.679. The highest BCUT2D eigenvalue weighted by atomic mass is 15.3. The first-order chi connectivity index (χ1) is 8.70. The molecule has 4 heteroatoms. The van der Waals surface area contributed by atoms with E-state index in [4.69, 9.17) is 5.73 Å². The molecule has 1 heterocycles. The van der Waals surface area contributed by atoms with Crippen molar-refractivity contribution in [2.75, 3.05) is 11.1 Å². The highest BCUT2D eigenvalue weighted by Gasteiger charge is 2.65. The van der Waals surface area contributed by atoms with Crippen molar-refractivity contribution in [3.05, 3.63) is 5.69 Å². The molecule has 0 spiro atoms. The van der Waals surface area contributed by atoms with Crippen LogP contribution in [-0.4, -0.2) is 15.8 Å². The Hall–Kier alpha value is -1.19. The second-order valence-corrected chi connectivity index (χ2v) is 6.34. The highest BCUT2D eigenvalue weighted by Crippen LogP contribution is 2.66. The van der Waals surface area contributed by atoms with E-state index in [0.717, 1.165) is 47.3 Å². The zero-order chi connectivity index (χ0) is 12.4. The van der Waals surface area contributed by atoms with E-state index in [2.05, 4.69) is 17.3 Å². The van der Waals surface area contributed by atoms with Gasteiger partial charge in [-0.1, -0.05) is 6.92 Å². The molecule has 2 bridgehead atoms. The molecule has 0 amide bonds. The van der Waals surface area contributed by atoms with E-state index in [-0.39, 0.29) is 0 Å². The number of rotatable bonds is 3. The maximum absolute atomic E-state index is 6.18. The van der Waals surface area contributed by atoms with Crippen LogP contribution >= 0.6 is 0 Å². The van der Waals surface area contributed by atoms with E-state index in [9.17, 15) is 0 Å². The Labute approximate surface area is 108 Å². The number of nitrogens with two attached hydrogens (primary N) is 1. The number of anilines is 2. The molecular formula is C14H22N4. The van der Waals surface area contributed by atoms with Gasteiger partial charge in [0.15, 0.2) is 0 Å². The van der Waals surface area contributed by atoms with Crippen LogP contribution in [0.4, 0.5) is 11.5 Å². The average molecular weight is 246 g/mol. The van der Waals surface area contributed by atoms with Crippen LogP contribution in [0.1, 0.15) is 31.9 Å². The fraction of sp³-hybridized carbons (Fsp3) is 0.786. The summed E-state index contributed by atoms with van der Waals surface area (Å²) in [5, 5.41) is 8.17. The van der Waals surface area contributed by atoms with Gasteiger partial charge in [0.1, 0.15) is 5.82 Å². The topological polar surface area (TPSA) is 55.9 Å². The van der Waals surface area contributed by atoms with Crippen molar-refractivity contribution in [1.82, 2.24) is 9.78 Å². The molecule has 4 nitrogen and oxygen atoms in total. The van der Waals surface area contributed by atoms with Crippen LogP contribution in [0.15, 0.2) is 0 Å². The summed E-state index contributed by atoms with van der Waals surface area (Å²) in [5.41, 5.74) is 8.06. The minimum absolute atomic E-state index is 0.679. The molecule has 3 N–H and O–H groups in total. The third-order valence-electron chi connectivity index (χ3n) is 5.53. The van der Waals surface area contributed by atoms with Gasteiger partial charge >= 0.3 is 0 Å². The van der Waals surface area contributed by atoms with E-state index in [0.29, 0.717) is 6.04 Å². The van der Waals surface area contributed by atoms with Crippen LogP contribution in [0.5, 0.6) is 0 Å². The molecule has 0 saturated heterocycles. The summed E-state index contributed by atoms with van der Waals surface area (Å²) in [5.74, 6) is 4.91. The Kier molecular flexibility index (Phi) is 2.04. The molecule has 1 aromatic rings. The molecular weight excluding hydrogens is 224 g/mol. The van der Waals surface area contributed by atoms with Crippen LogP contribution in [0.3, 0.4) is 0 Å². The molecule has 4 unspecified atom stereocenters. The fourth-order valence-corrected chi connectivity index (χ4v) is 4.70. The van der Waals surface area contributed by atoms with E-state index >= 15 is 0 Å². The molecule has 98 valence electrons. The molecule has 3 saturated carbocycles. The van der Waals surface area contributed by atoms with Gasteiger partial charge in [0.25, 0.3) is 0 Å². The van der Waals surface area contributed by atoms with Crippen molar-refractivity contribution < 1.29 is 0 Å². The van der Waals surface area contributed by atoms with Gasteiger partial charge in [0.05, 0.1) is 11.4 Å². The van der Waals surface area contributed by atoms with Gasteiger partial charge in [-0.25, -0.2) is 0 Å². The first-order valence-electron chi connectivity index (χ1n) is 7.28. The van der Waals surface area contributed by atoms with Gasteiger partial charge in [0.2, 0.25) is 0 Å². The van der Waals surface area contributed by atoms with Crippen LogP contribution in [0, 0.1) is 23.7 Å². The first-order valence-corrected chi connectivity index (χ1v) is 7.28. The molecule has 0 aliphatic heterocycles. The number of nitrogen functional groups attached to an aromatic ring is 1. The third kappa shape index (κ3) is 1.24. The lowest BCUT2D eigenvalue weighted by Crippen LogP contribution is -2.15. The SMILES string of the molecule is CCc1nn(C)c(NC2C3C4CCC(C4)C23)c1N. The third-order valence-corrected chi connectivity index (χ3v) is 5.53. The number of aromatic nitrogens is 2. The number of hydrogen-bond acceptors (Lipinski definition) is 3. The van der Waals surface area contributed by atoms with Gasteiger partial charge in [0, 0.05) is 13.1 Å². The Morgan fingerprint density at radius 2 is 2.00 bits per heavy atom. The lowest BCUT2D eigenvalue weighted by molar-refractivity contribution is 0.456. The molecule has 3 fully saturated rings. The largest absolute Gasteiger partial charge is 0.394 e. The first kappa shape index (κ1) is 10.7. The summed E-state index contributed by atoms with van der Waals surface area (Å²) in [7, 11) is 1.99. The summed E-state index contributed by atoms with van der Waals surface area (Å²) in [6, 6.07) is 0.679. The van der Waals surface area contributed by atoms with Crippen molar-refractivity contribution in [3.63, 3.8) is 0 Å². The van der Waals surface area contributed by atoms with Crippen molar-refractivity contribution >= 4 is 11.5 Å². The number of aryl methyl sites for hydroxylation is 2. The normalized spacial score (nSPS) is 40.0. The smallest absolute Gasteiger partial charge is 0.148 e. The van der Waals surface area contributed by atoms with Gasteiger partial charge < -0.3 is 11.1 Å². The highest BCUT2D eigenvalue weighted by molar-refractivity contribution is 5.66. The average Bonchev–Trinajstić information content (AvgIpc) is 2.70. The maximum atomic E-state index is 6.18. The summed E-state index contributed by atoms with van der Waals surface area (Å²) in [4.78, 5) is 0. The minimum Gasteiger partial charge on any atom is -0.394 e. The maximum Gasteiger partial charge on any atom is 0.148 e. The lowest BCUT2D eigenvalue weighted by atomic mass is 10.0. The standard InChI is InChI=1S/C14H22N4/c1-3-9-12(15)14(18(2)17-9)16-13-10-7-4-5-8(6-7)11(10)13/h7-8,10-11,13,16H,3-6,15H2,1-2H3. The fourth-order valence-electron chi connectivity index (χ4n) is 4.70. The number of hydrogen-bond donors (Lipinski definition) is 2. The Morgan fingerprint density at radius 3 is 2.56 bits per heavy atom. The second-order valence-electron chi connectivity index (χ2n) is 6.34. The van der Waals surface area contributed by atoms with Crippen LogP contribution in [-0.2, 0) is 13.5 Å². The molecule has 3 aliphatic carbocycles. The molecule has 4 rings (SSSR count). The molecule has 1 aromatic heterocycles.